The highest BCUT2D eigenvalue weighted by Crippen LogP contribution is 2.24. The minimum atomic E-state index is -0.109. The quantitative estimate of drug-likeness (QED) is 0.214. The van der Waals surface area contributed by atoms with Gasteiger partial charge in [0.05, 0.1) is 6.17 Å². The predicted molar refractivity (Wildman–Crippen MR) is 110 cm³/mol. The van der Waals surface area contributed by atoms with Crippen molar-refractivity contribution in [1.29, 1.82) is 0 Å². The van der Waals surface area contributed by atoms with E-state index in [-0.39, 0.29) is 6.17 Å². The molecule has 2 heteroatoms. The van der Waals surface area contributed by atoms with E-state index in [9.17, 15) is 0 Å². The van der Waals surface area contributed by atoms with E-state index in [0.717, 1.165) is 18.3 Å². The number of hydrogen-bond donors (Lipinski definition) is 2. The summed E-state index contributed by atoms with van der Waals surface area (Å²) in [6, 6.07) is 0. The Labute approximate surface area is 153 Å². The zero-order valence-corrected chi connectivity index (χ0v) is 17.2. The van der Waals surface area contributed by atoms with Gasteiger partial charge in [0.25, 0.3) is 0 Å². The van der Waals surface area contributed by atoms with Crippen LogP contribution in [0.4, 0.5) is 0 Å². The van der Waals surface area contributed by atoms with Gasteiger partial charge in [-0.25, -0.2) is 0 Å². The molecule has 0 aromatic carbocycles. The first-order valence-electron chi connectivity index (χ1n) is 11.1. The zero-order chi connectivity index (χ0) is 18.0. The SMILES string of the molecule is CCCCCC(CC)CCCCC(CC)CCCCCCC(N)N. The minimum Gasteiger partial charge on any atom is -0.316 e. The third kappa shape index (κ3) is 15.4. The van der Waals surface area contributed by atoms with Crippen LogP contribution in [0.15, 0.2) is 0 Å². The predicted octanol–water partition coefficient (Wildman–Crippen LogP) is 6.76. The summed E-state index contributed by atoms with van der Waals surface area (Å²) in [6.45, 7) is 7.06. The second-order valence-corrected chi connectivity index (χ2v) is 7.98. The Kier molecular flexibility index (Phi) is 17.7. The van der Waals surface area contributed by atoms with Gasteiger partial charge in [-0.2, -0.15) is 0 Å². The van der Waals surface area contributed by atoms with Crippen LogP contribution in [0, 0.1) is 11.8 Å². The summed E-state index contributed by atoms with van der Waals surface area (Å²) >= 11 is 0. The molecule has 146 valence electrons. The maximum absolute atomic E-state index is 5.59. The van der Waals surface area contributed by atoms with E-state index in [1.54, 1.807) is 0 Å². The van der Waals surface area contributed by atoms with Crippen LogP contribution in [0.25, 0.3) is 0 Å². The molecule has 0 bridgehead atoms. The molecule has 4 N–H and O–H groups in total. The lowest BCUT2D eigenvalue weighted by Crippen LogP contribution is -2.29. The Balaban J connectivity index is 3.59. The molecule has 0 spiro atoms. The molecule has 2 atom stereocenters. The third-order valence-corrected chi connectivity index (χ3v) is 5.75. The Morgan fingerprint density at radius 1 is 0.500 bits per heavy atom. The van der Waals surface area contributed by atoms with Crippen LogP contribution in [0.5, 0.6) is 0 Å². The van der Waals surface area contributed by atoms with Crippen molar-refractivity contribution in [3.05, 3.63) is 0 Å². The van der Waals surface area contributed by atoms with E-state index in [1.807, 2.05) is 0 Å². The van der Waals surface area contributed by atoms with Crippen molar-refractivity contribution in [3.8, 4) is 0 Å². The lowest BCUT2D eigenvalue weighted by atomic mass is 9.89. The van der Waals surface area contributed by atoms with Gasteiger partial charge in [-0.3, -0.25) is 0 Å². The summed E-state index contributed by atoms with van der Waals surface area (Å²) in [7, 11) is 0. The molecule has 0 radical (unpaired) electrons. The van der Waals surface area contributed by atoms with E-state index < -0.39 is 0 Å². The molecule has 0 aliphatic heterocycles. The van der Waals surface area contributed by atoms with Crippen LogP contribution >= 0.6 is 0 Å². The van der Waals surface area contributed by atoms with Crippen molar-refractivity contribution in [3.63, 3.8) is 0 Å². The summed E-state index contributed by atoms with van der Waals surface area (Å²) in [5.74, 6) is 1.95. The first-order chi connectivity index (χ1) is 11.6. The summed E-state index contributed by atoms with van der Waals surface area (Å²) in [4.78, 5) is 0. The highest BCUT2D eigenvalue weighted by Gasteiger charge is 2.09. The average Bonchev–Trinajstić information content (AvgIpc) is 2.57. The van der Waals surface area contributed by atoms with Crippen molar-refractivity contribution in [2.75, 3.05) is 0 Å². The second-order valence-electron chi connectivity index (χ2n) is 7.98. The smallest absolute Gasteiger partial charge is 0.0520 e. The number of unbranched alkanes of at least 4 members (excludes halogenated alkanes) is 6. The van der Waals surface area contributed by atoms with Crippen molar-refractivity contribution in [1.82, 2.24) is 0 Å². The lowest BCUT2D eigenvalue weighted by molar-refractivity contribution is 0.363. The van der Waals surface area contributed by atoms with Crippen molar-refractivity contribution >= 4 is 0 Å². The van der Waals surface area contributed by atoms with Gasteiger partial charge in [0.15, 0.2) is 0 Å². The molecular weight excluding hydrogens is 292 g/mol. The van der Waals surface area contributed by atoms with E-state index in [2.05, 4.69) is 20.8 Å². The fourth-order valence-electron chi connectivity index (χ4n) is 3.82. The van der Waals surface area contributed by atoms with E-state index in [4.69, 9.17) is 11.5 Å². The standard InChI is InChI=1S/C22H48N2/c1-4-7-10-15-20(5-2)17-13-14-18-21(6-3)16-11-8-9-12-19-22(23)24/h20-22H,4-19,23-24H2,1-3H3. The topological polar surface area (TPSA) is 52.0 Å². The monoisotopic (exact) mass is 340 g/mol. The molecule has 0 rings (SSSR count). The van der Waals surface area contributed by atoms with Crippen LogP contribution in [0.3, 0.4) is 0 Å². The summed E-state index contributed by atoms with van der Waals surface area (Å²) in [5, 5.41) is 0. The van der Waals surface area contributed by atoms with Crippen molar-refractivity contribution in [2.24, 2.45) is 23.3 Å². The minimum absolute atomic E-state index is 0.109. The van der Waals surface area contributed by atoms with E-state index >= 15 is 0 Å². The normalized spacial score (nSPS) is 14.2. The lowest BCUT2D eigenvalue weighted by Gasteiger charge is -2.17. The van der Waals surface area contributed by atoms with Gasteiger partial charge in [0, 0.05) is 0 Å². The zero-order valence-electron chi connectivity index (χ0n) is 17.2. The average molecular weight is 341 g/mol. The Hall–Kier alpha value is -0.0800. The largest absolute Gasteiger partial charge is 0.316 e. The van der Waals surface area contributed by atoms with Crippen LogP contribution in [-0.4, -0.2) is 6.17 Å². The van der Waals surface area contributed by atoms with Crippen LogP contribution < -0.4 is 11.5 Å². The molecule has 2 unspecified atom stereocenters. The maximum atomic E-state index is 5.59. The molecule has 0 saturated carbocycles. The molecule has 24 heavy (non-hydrogen) atoms. The Morgan fingerprint density at radius 2 is 0.875 bits per heavy atom. The molecule has 0 aromatic rings. The van der Waals surface area contributed by atoms with E-state index in [1.165, 1.54) is 96.3 Å². The fourth-order valence-corrected chi connectivity index (χ4v) is 3.82. The van der Waals surface area contributed by atoms with Gasteiger partial charge in [-0.15, -0.1) is 0 Å². The Morgan fingerprint density at radius 3 is 1.25 bits per heavy atom. The first kappa shape index (κ1) is 23.9. The van der Waals surface area contributed by atoms with Crippen molar-refractivity contribution < 1.29 is 0 Å². The molecule has 0 aliphatic carbocycles. The number of nitrogens with two attached hydrogens (primary N) is 2. The molecule has 2 nitrogen and oxygen atoms in total. The second kappa shape index (κ2) is 17.7. The van der Waals surface area contributed by atoms with Gasteiger partial charge < -0.3 is 11.5 Å². The molecular formula is C22H48N2. The maximum Gasteiger partial charge on any atom is 0.0520 e. The highest BCUT2D eigenvalue weighted by atomic mass is 14.8. The highest BCUT2D eigenvalue weighted by molar-refractivity contribution is 4.62. The van der Waals surface area contributed by atoms with E-state index in [0.29, 0.717) is 0 Å². The molecule has 0 saturated heterocycles. The van der Waals surface area contributed by atoms with Gasteiger partial charge in [-0.1, -0.05) is 117 Å². The van der Waals surface area contributed by atoms with Crippen LogP contribution in [0.1, 0.15) is 124 Å². The molecule has 0 amide bonds. The van der Waals surface area contributed by atoms with Crippen LogP contribution in [-0.2, 0) is 0 Å². The van der Waals surface area contributed by atoms with Crippen LogP contribution in [0.2, 0.25) is 0 Å². The summed E-state index contributed by atoms with van der Waals surface area (Å²) in [6.07, 6.45) is 21.8. The molecule has 0 fully saturated rings. The van der Waals surface area contributed by atoms with Gasteiger partial charge >= 0.3 is 0 Å². The Bertz CT molecular complexity index is 240. The van der Waals surface area contributed by atoms with Gasteiger partial charge in [-0.05, 0) is 18.3 Å². The number of rotatable bonds is 18. The summed E-state index contributed by atoms with van der Waals surface area (Å²) < 4.78 is 0. The first-order valence-corrected chi connectivity index (χ1v) is 11.1. The third-order valence-electron chi connectivity index (χ3n) is 5.75. The fraction of sp³-hybridized carbons (Fsp3) is 1.00. The molecule has 0 aliphatic rings. The molecule has 0 heterocycles. The number of hydrogen-bond acceptors (Lipinski definition) is 2. The van der Waals surface area contributed by atoms with Gasteiger partial charge in [0.2, 0.25) is 0 Å². The molecule has 0 aromatic heterocycles. The summed E-state index contributed by atoms with van der Waals surface area (Å²) in [5.41, 5.74) is 11.2. The van der Waals surface area contributed by atoms with Crippen molar-refractivity contribution in [2.45, 2.75) is 130 Å². The van der Waals surface area contributed by atoms with Gasteiger partial charge in [0.1, 0.15) is 0 Å².